The number of rotatable bonds is 6. The van der Waals surface area contributed by atoms with Crippen molar-refractivity contribution in [1.82, 2.24) is 9.71 Å². The van der Waals surface area contributed by atoms with Gasteiger partial charge in [-0.2, -0.15) is 0 Å². The van der Waals surface area contributed by atoms with Gasteiger partial charge in [-0.15, -0.1) is 34.5 Å². The summed E-state index contributed by atoms with van der Waals surface area (Å²) in [6, 6.07) is 0. The van der Waals surface area contributed by atoms with Crippen LogP contribution in [0.25, 0.3) is 0 Å². The number of alkyl halides is 2. The molecule has 0 fully saturated rings. The summed E-state index contributed by atoms with van der Waals surface area (Å²) in [4.78, 5) is 3.92. The highest BCUT2D eigenvalue weighted by molar-refractivity contribution is 7.91. The Labute approximate surface area is 115 Å². The smallest absolute Gasteiger partial charge is 0.249 e. The maximum absolute atomic E-state index is 12.1. The van der Waals surface area contributed by atoms with E-state index in [1.54, 1.807) is 6.92 Å². The van der Waals surface area contributed by atoms with Crippen molar-refractivity contribution in [3.05, 3.63) is 11.2 Å². The van der Waals surface area contributed by atoms with Crippen molar-refractivity contribution in [2.45, 2.75) is 30.0 Å². The third-order valence-corrected chi connectivity index (χ3v) is 6.38. The summed E-state index contributed by atoms with van der Waals surface area (Å²) in [6.07, 6.45) is 1.86. The summed E-state index contributed by atoms with van der Waals surface area (Å²) in [5, 5.41) is 0.698. The number of nitrogens with one attached hydrogen (secondary N) is 1. The molecule has 1 aromatic heterocycles. The highest BCUT2D eigenvalue weighted by Gasteiger charge is 2.33. The van der Waals surface area contributed by atoms with Crippen molar-refractivity contribution >= 4 is 44.6 Å². The van der Waals surface area contributed by atoms with E-state index in [1.165, 1.54) is 6.20 Å². The first-order valence-electron chi connectivity index (χ1n) is 4.97. The fourth-order valence-corrected chi connectivity index (χ4v) is 4.69. The minimum Gasteiger partial charge on any atom is -0.249 e. The Morgan fingerprint density at radius 2 is 2.06 bits per heavy atom. The molecule has 0 saturated carbocycles. The summed E-state index contributed by atoms with van der Waals surface area (Å²) >= 11 is 12.7. The molecule has 98 valence electrons. The van der Waals surface area contributed by atoms with Gasteiger partial charge in [0.15, 0.2) is 4.21 Å². The van der Waals surface area contributed by atoms with Gasteiger partial charge in [-0.3, -0.25) is 0 Å². The minimum atomic E-state index is -3.60. The van der Waals surface area contributed by atoms with Crippen LogP contribution >= 0.6 is 34.5 Å². The molecule has 0 saturated heterocycles. The average molecular weight is 317 g/mol. The lowest BCUT2D eigenvalue weighted by Gasteiger charge is -2.28. The van der Waals surface area contributed by atoms with Crippen molar-refractivity contribution in [2.24, 2.45) is 0 Å². The van der Waals surface area contributed by atoms with Crippen LogP contribution in [0.5, 0.6) is 0 Å². The Hall–Kier alpha value is 0.120. The number of halogens is 2. The Morgan fingerprint density at radius 1 is 1.47 bits per heavy atom. The largest absolute Gasteiger partial charge is 0.252 e. The van der Waals surface area contributed by atoms with Gasteiger partial charge in [-0.1, -0.05) is 6.92 Å². The van der Waals surface area contributed by atoms with E-state index in [2.05, 4.69) is 9.71 Å². The van der Waals surface area contributed by atoms with Gasteiger partial charge in [-0.25, -0.2) is 18.1 Å². The Kier molecular flexibility index (Phi) is 5.21. The molecule has 0 radical (unpaired) electrons. The van der Waals surface area contributed by atoms with E-state index < -0.39 is 15.6 Å². The van der Waals surface area contributed by atoms with Gasteiger partial charge >= 0.3 is 0 Å². The number of nitrogens with zero attached hydrogens (tertiary/aromatic N) is 1. The second kappa shape index (κ2) is 5.84. The predicted molar refractivity (Wildman–Crippen MR) is 71.6 cm³/mol. The molecule has 0 aromatic carbocycles. The summed E-state index contributed by atoms with van der Waals surface area (Å²) in [6.45, 7) is 3.59. The molecule has 1 N–H and O–H groups in total. The number of thiazole rings is 1. The van der Waals surface area contributed by atoms with E-state index >= 15 is 0 Å². The number of hydrogen-bond donors (Lipinski definition) is 1. The Bertz CT molecular complexity index is 461. The highest BCUT2D eigenvalue weighted by atomic mass is 35.5. The third-order valence-electron chi connectivity index (χ3n) is 2.40. The number of sulfonamides is 1. The second-order valence-electron chi connectivity index (χ2n) is 3.70. The summed E-state index contributed by atoms with van der Waals surface area (Å²) in [5.74, 6) is 0.258. The molecule has 0 aliphatic rings. The second-order valence-corrected chi connectivity index (χ2v) is 7.38. The summed E-state index contributed by atoms with van der Waals surface area (Å²) in [7, 11) is -3.60. The SMILES string of the molecule is CCC(CCl)(CCl)NS(=O)(=O)c1cnc(C)s1. The number of hydrogen-bond acceptors (Lipinski definition) is 4. The Morgan fingerprint density at radius 3 is 2.41 bits per heavy atom. The molecule has 0 amide bonds. The van der Waals surface area contributed by atoms with Gasteiger partial charge in [-0.05, 0) is 13.3 Å². The first-order chi connectivity index (χ1) is 7.89. The van der Waals surface area contributed by atoms with E-state index in [0.29, 0.717) is 11.4 Å². The maximum Gasteiger partial charge on any atom is 0.252 e. The lowest BCUT2D eigenvalue weighted by molar-refractivity contribution is 0.450. The van der Waals surface area contributed by atoms with Gasteiger partial charge in [0.05, 0.1) is 16.7 Å². The molecule has 0 spiro atoms. The highest BCUT2D eigenvalue weighted by Crippen LogP contribution is 2.22. The number of aryl methyl sites for hydroxylation is 1. The zero-order valence-electron chi connectivity index (χ0n) is 9.53. The lowest BCUT2D eigenvalue weighted by atomic mass is 10.0. The fourth-order valence-electron chi connectivity index (χ4n) is 1.15. The van der Waals surface area contributed by atoms with Crippen molar-refractivity contribution < 1.29 is 8.42 Å². The van der Waals surface area contributed by atoms with Crippen LogP contribution in [0.4, 0.5) is 0 Å². The molecule has 4 nitrogen and oxygen atoms in total. The zero-order valence-corrected chi connectivity index (χ0v) is 12.7. The van der Waals surface area contributed by atoms with Gasteiger partial charge < -0.3 is 0 Å². The molecule has 0 aliphatic carbocycles. The van der Waals surface area contributed by atoms with Gasteiger partial charge in [0.2, 0.25) is 0 Å². The van der Waals surface area contributed by atoms with Crippen LogP contribution in [0.15, 0.2) is 10.4 Å². The van der Waals surface area contributed by atoms with Crippen molar-refractivity contribution in [3.63, 3.8) is 0 Å². The molecule has 1 rings (SSSR count). The monoisotopic (exact) mass is 316 g/mol. The van der Waals surface area contributed by atoms with Gasteiger partial charge in [0.25, 0.3) is 10.0 Å². The molecule has 0 aliphatic heterocycles. The van der Waals surface area contributed by atoms with Crippen LogP contribution < -0.4 is 4.72 Å². The normalized spacial score (nSPS) is 12.9. The molecule has 1 aromatic rings. The summed E-state index contributed by atoms with van der Waals surface area (Å²) < 4.78 is 26.9. The molecule has 0 bridgehead atoms. The third kappa shape index (κ3) is 3.54. The standard InChI is InChI=1S/C9H14Cl2N2O2S2/c1-3-9(5-10,6-11)13-17(14,15)8-4-12-7(2)16-8/h4,13H,3,5-6H2,1-2H3. The van der Waals surface area contributed by atoms with E-state index in [0.717, 1.165) is 11.3 Å². The van der Waals surface area contributed by atoms with Crippen molar-refractivity contribution in [3.8, 4) is 0 Å². The van der Waals surface area contributed by atoms with E-state index in [1.807, 2.05) is 6.92 Å². The minimum absolute atomic E-state index is 0.129. The van der Waals surface area contributed by atoms with Crippen LogP contribution in [0.3, 0.4) is 0 Å². The molecule has 17 heavy (non-hydrogen) atoms. The van der Waals surface area contributed by atoms with Crippen LogP contribution in [0.2, 0.25) is 0 Å². The van der Waals surface area contributed by atoms with Crippen LogP contribution in [0.1, 0.15) is 18.4 Å². The first-order valence-corrected chi connectivity index (χ1v) is 8.34. The molecule has 8 heteroatoms. The fraction of sp³-hybridized carbons (Fsp3) is 0.667. The number of aromatic nitrogens is 1. The first kappa shape index (κ1) is 15.2. The predicted octanol–water partition coefficient (Wildman–Crippen LogP) is 2.36. The Balaban J connectivity index is 3.00. The van der Waals surface area contributed by atoms with Crippen LogP contribution in [-0.4, -0.2) is 30.7 Å². The maximum atomic E-state index is 12.1. The molecule has 0 unspecified atom stereocenters. The molecular weight excluding hydrogens is 303 g/mol. The molecular formula is C9H14Cl2N2O2S2. The van der Waals surface area contributed by atoms with E-state index in [-0.39, 0.29) is 16.0 Å². The van der Waals surface area contributed by atoms with E-state index in [9.17, 15) is 8.42 Å². The van der Waals surface area contributed by atoms with E-state index in [4.69, 9.17) is 23.2 Å². The molecule has 0 atom stereocenters. The van der Waals surface area contributed by atoms with Crippen LogP contribution in [0, 0.1) is 6.92 Å². The van der Waals surface area contributed by atoms with Crippen molar-refractivity contribution in [1.29, 1.82) is 0 Å². The van der Waals surface area contributed by atoms with Crippen molar-refractivity contribution in [2.75, 3.05) is 11.8 Å². The van der Waals surface area contributed by atoms with Gasteiger partial charge in [0.1, 0.15) is 0 Å². The molecule has 1 heterocycles. The average Bonchev–Trinajstić information content (AvgIpc) is 2.74. The summed E-state index contributed by atoms with van der Waals surface area (Å²) in [5.41, 5.74) is -0.806. The van der Waals surface area contributed by atoms with Gasteiger partial charge in [0, 0.05) is 11.8 Å². The van der Waals surface area contributed by atoms with Crippen LogP contribution in [-0.2, 0) is 10.0 Å². The quantitative estimate of drug-likeness (QED) is 0.820. The topological polar surface area (TPSA) is 59.1 Å². The lowest BCUT2D eigenvalue weighted by Crippen LogP contribution is -2.51. The zero-order chi connectivity index (χ0) is 13.1.